The molecule has 0 saturated heterocycles. The van der Waals surface area contributed by atoms with Gasteiger partial charge < -0.3 is 5.73 Å². The number of rotatable bonds is 2. The van der Waals surface area contributed by atoms with Crippen molar-refractivity contribution in [3.05, 3.63) is 54.1 Å². The lowest BCUT2D eigenvalue weighted by atomic mass is 10.1. The fourth-order valence-corrected chi connectivity index (χ4v) is 1.86. The lowest BCUT2D eigenvalue weighted by Crippen LogP contribution is -1.85. The highest BCUT2D eigenvalue weighted by molar-refractivity contribution is 5.62. The number of nitrogens with two attached hydrogens (primary N) is 1. The monoisotopic (exact) mass is 250 g/mol. The molecule has 0 saturated carbocycles. The maximum absolute atomic E-state index is 5.67. The molecule has 0 aliphatic carbocycles. The van der Waals surface area contributed by atoms with Crippen molar-refractivity contribution in [3.63, 3.8) is 0 Å². The summed E-state index contributed by atoms with van der Waals surface area (Å²) in [4.78, 5) is 4.50. The Morgan fingerprint density at radius 3 is 2.21 bits per heavy atom. The molecule has 1 heterocycles. The SMILES string of the molecule is Cc1ccc(-c2nc(-c3ccc(N)cc3)n[nH]2)cc1. The van der Waals surface area contributed by atoms with E-state index in [1.807, 2.05) is 36.4 Å². The van der Waals surface area contributed by atoms with E-state index in [2.05, 4.69) is 34.2 Å². The van der Waals surface area contributed by atoms with Crippen molar-refractivity contribution < 1.29 is 0 Å². The highest BCUT2D eigenvalue weighted by Gasteiger charge is 2.07. The quantitative estimate of drug-likeness (QED) is 0.687. The minimum Gasteiger partial charge on any atom is -0.399 e. The van der Waals surface area contributed by atoms with Crippen LogP contribution in [0.3, 0.4) is 0 Å². The maximum Gasteiger partial charge on any atom is 0.181 e. The second kappa shape index (κ2) is 4.57. The second-order valence-corrected chi connectivity index (χ2v) is 4.50. The number of aryl methyl sites for hydroxylation is 1. The molecule has 2 aromatic carbocycles. The van der Waals surface area contributed by atoms with Crippen LogP contribution in [0.25, 0.3) is 22.8 Å². The summed E-state index contributed by atoms with van der Waals surface area (Å²) in [6.07, 6.45) is 0. The van der Waals surface area contributed by atoms with Crippen molar-refractivity contribution in [3.8, 4) is 22.8 Å². The normalized spacial score (nSPS) is 10.6. The fourth-order valence-electron chi connectivity index (χ4n) is 1.86. The van der Waals surface area contributed by atoms with Gasteiger partial charge in [0, 0.05) is 16.8 Å². The topological polar surface area (TPSA) is 67.6 Å². The fraction of sp³-hybridized carbons (Fsp3) is 0.0667. The summed E-state index contributed by atoms with van der Waals surface area (Å²) in [6.45, 7) is 2.06. The number of nitrogens with zero attached hydrogens (tertiary/aromatic N) is 2. The van der Waals surface area contributed by atoms with Crippen LogP contribution in [-0.2, 0) is 0 Å². The molecule has 0 amide bonds. The molecule has 3 N–H and O–H groups in total. The Bertz CT molecular complexity index is 621. The van der Waals surface area contributed by atoms with Gasteiger partial charge in [0.2, 0.25) is 0 Å². The number of hydrogen-bond acceptors (Lipinski definition) is 3. The van der Waals surface area contributed by atoms with E-state index in [4.69, 9.17) is 5.73 Å². The van der Waals surface area contributed by atoms with Crippen LogP contribution in [0.4, 0.5) is 5.69 Å². The molecule has 3 aromatic rings. The molecule has 1 aromatic heterocycles. The van der Waals surface area contributed by atoms with Gasteiger partial charge in [-0.05, 0) is 31.2 Å². The molecule has 19 heavy (non-hydrogen) atoms. The minimum atomic E-state index is 0.676. The number of aromatic nitrogens is 3. The molecule has 3 rings (SSSR count). The largest absolute Gasteiger partial charge is 0.399 e. The van der Waals surface area contributed by atoms with E-state index >= 15 is 0 Å². The lowest BCUT2D eigenvalue weighted by molar-refractivity contribution is 1.10. The van der Waals surface area contributed by atoms with E-state index in [0.717, 1.165) is 22.6 Å². The smallest absolute Gasteiger partial charge is 0.181 e. The summed E-state index contributed by atoms with van der Waals surface area (Å²) < 4.78 is 0. The van der Waals surface area contributed by atoms with E-state index in [1.165, 1.54) is 5.56 Å². The molecule has 0 unspecified atom stereocenters. The van der Waals surface area contributed by atoms with Crippen LogP contribution >= 0.6 is 0 Å². The summed E-state index contributed by atoms with van der Waals surface area (Å²) >= 11 is 0. The number of nitrogens with one attached hydrogen (secondary N) is 1. The van der Waals surface area contributed by atoms with Crippen molar-refractivity contribution >= 4 is 5.69 Å². The molecule has 0 bridgehead atoms. The highest BCUT2D eigenvalue weighted by Crippen LogP contribution is 2.20. The van der Waals surface area contributed by atoms with E-state index < -0.39 is 0 Å². The molecule has 0 spiro atoms. The minimum absolute atomic E-state index is 0.676. The predicted octanol–water partition coefficient (Wildman–Crippen LogP) is 3.03. The molecule has 0 radical (unpaired) electrons. The van der Waals surface area contributed by atoms with Crippen LogP contribution in [-0.4, -0.2) is 15.2 Å². The number of nitrogen functional groups attached to an aromatic ring is 1. The Hall–Kier alpha value is -2.62. The van der Waals surface area contributed by atoms with Gasteiger partial charge in [-0.1, -0.05) is 29.8 Å². The number of H-pyrrole nitrogens is 1. The average Bonchev–Trinajstić information content (AvgIpc) is 2.90. The molecule has 0 aliphatic rings. The van der Waals surface area contributed by atoms with Crippen LogP contribution in [0.15, 0.2) is 48.5 Å². The zero-order valence-corrected chi connectivity index (χ0v) is 10.6. The van der Waals surface area contributed by atoms with Crippen molar-refractivity contribution in [2.45, 2.75) is 6.92 Å². The summed E-state index contributed by atoms with van der Waals surface area (Å²) in [6, 6.07) is 15.7. The van der Waals surface area contributed by atoms with Gasteiger partial charge in [-0.15, -0.1) is 0 Å². The lowest BCUT2D eigenvalue weighted by Gasteiger charge is -1.97. The molecular weight excluding hydrogens is 236 g/mol. The Morgan fingerprint density at radius 1 is 0.895 bits per heavy atom. The summed E-state index contributed by atoms with van der Waals surface area (Å²) in [7, 11) is 0. The van der Waals surface area contributed by atoms with Crippen LogP contribution in [0.5, 0.6) is 0 Å². The average molecular weight is 250 g/mol. The molecule has 94 valence electrons. The van der Waals surface area contributed by atoms with Gasteiger partial charge in [0.25, 0.3) is 0 Å². The van der Waals surface area contributed by atoms with Gasteiger partial charge in [0.1, 0.15) is 0 Å². The first-order valence-corrected chi connectivity index (χ1v) is 6.08. The zero-order chi connectivity index (χ0) is 13.2. The van der Waals surface area contributed by atoms with Crippen molar-refractivity contribution in [2.24, 2.45) is 0 Å². The first-order chi connectivity index (χ1) is 9.22. The number of aromatic amines is 1. The van der Waals surface area contributed by atoms with Gasteiger partial charge in [0.05, 0.1) is 0 Å². The van der Waals surface area contributed by atoms with Crippen molar-refractivity contribution in [2.75, 3.05) is 5.73 Å². The summed E-state index contributed by atoms with van der Waals surface area (Å²) in [5.41, 5.74) is 9.60. The van der Waals surface area contributed by atoms with Gasteiger partial charge in [-0.3, -0.25) is 5.10 Å². The Morgan fingerprint density at radius 2 is 1.53 bits per heavy atom. The number of anilines is 1. The zero-order valence-electron chi connectivity index (χ0n) is 10.6. The Balaban J connectivity index is 1.95. The second-order valence-electron chi connectivity index (χ2n) is 4.50. The third-order valence-corrected chi connectivity index (χ3v) is 2.98. The standard InChI is InChI=1S/C15H14N4/c1-10-2-4-11(5-3-10)14-17-15(19-18-14)12-6-8-13(16)9-7-12/h2-9H,16H2,1H3,(H,17,18,19). The van der Waals surface area contributed by atoms with Gasteiger partial charge in [-0.25, -0.2) is 4.98 Å². The van der Waals surface area contributed by atoms with Gasteiger partial charge >= 0.3 is 0 Å². The highest BCUT2D eigenvalue weighted by atomic mass is 15.2. The molecule has 0 fully saturated rings. The molecular formula is C15H14N4. The van der Waals surface area contributed by atoms with Crippen LogP contribution in [0, 0.1) is 6.92 Å². The molecule has 4 nitrogen and oxygen atoms in total. The van der Waals surface area contributed by atoms with Crippen LogP contribution < -0.4 is 5.73 Å². The third-order valence-electron chi connectivity index (χ3n) is 2.98. The van der Waals surface area contributed by atoms with E-state index in [1.54, 1.807) is 0 Å². The Kier molecular flexibility index (Phi) is 2.76. The van der Waals surface area contributed by atoms with Gasteiger partial charge in [-0.2, -0.15) is 5.10 Å². The van der Waals surface area contributed by atoms with E-state index in [-0.39, 0.29) is 0 Å². The summed E-state index contributed by atoms with van der Waals surface area (Å²) in [5.74, 6) is 1.45. The first-order valence-electron chi connectivity index (χ1n) is 6.08. The van der Waals surface area contributed by atoms with E-state index in [0.29, 0.717) is 5.82 Å². The molecule has 0 atom stereocenters. The first kappa shape index (κ1) is 11.5. The Labute approximate surface area is 111 Å². The predicted molar refractivity (Wildman–Crippen MR) is 76.4 cm³/mol. The maximum atomic E-state index is 5.67. The third kappa shape index (κ3) is 2.33. The van der Waals surface area contributed by atoms with Crippen molar-refractivity contribution in [1.82, 2.24) is 15.2 Å². The summed E-state index contributed by atoms with van der Waals surface area (Å²) in [5, 5.41) is 7.20. The van der Waals surface area contributed by atoms with Gasteiger partial charge in [0.15, 0.2) is 11.6 Å². The van der Waals surface area contributed by atoms with E-state index in [9.17, 15) is 0 Å². The van der Waals surface area contributed by atoms with Crippen molar-refractivity contribution in [1.29, 1.82) is 0 Å². The molecule has 4 heteroatoms. The number of benzene rings is 2. The molecule has 0 aliphatic heterocycles. The van der Waals surface area contributed by atoms with Crippen LogP contribution in [0.1, 0.15) is 5.56 Å². The number of hydrogen-bond donors (Lipinski definition) is 2. The van der Waals surface area contributed by atoms with Crippen LogP contribution in [0.2, 0.25) is 0 Å².